The number of benzene rings is 1. The Kier molecular flexibility index (Phi) is 3.25. The molecule has 0 spiro atoms. The summed E-state index contributed by atoms with van der Waals surface area (Å²) in [7, 11) is 0. The highest BCUT2D eigenvalue weighted by atomic mass is 35.5. The van der Waals surface area contributed by atoms with Crippen LogP contribution >= 0.6 is 11.6 Å². The second kappa shape index (κ2) is 4.96. The number of rotatable bonds is 2. The zero-order valence-electron chi connectivity index (χ0n) is 10.4. The normalized spacial score (nSPS) is 11.8. The van der Waals surface area contributed by atoms with Gasteiger partial charge in [0, 0.05) is 6.07 Å². The molecule has 3 nitrogen and oxygen atoms in total. The van der Waals surface area contributed by atoms with Crippen LogP contribution in [-0.4, -0.2) is 9.78 Å². The Bertz CT molecular complexity index is 763. The molecule has 108 valence electrons. The van der Waals surface area contributed by atoms with Crippen LogP contribution in [0.4, 0.5) is 13.2 Å². The molecule has 0 bridgehead atoms. The van der Waals surface area contributed by atoms with Crippen molar-refractivity contribution in [3.05, 3.63) is 59.4 Å². The van der Waals surface area contributed by atoms with Crippen LogP contribution in [0, 0.1) is 0 Å². The first-order valence-electron chi connectivity index (χ1n) is 5.93. The molecule has 0 aliphatic heterocycles. The van der Waals surface area contributed by atoms with Crippen LogP contribution < -0.4 is 0 Å². The molecule has 0 aliphatic carbocycles. The van der Waals surface area contributed by atoms with E-state index < -0.39 is 11.9 Å². The number of alkyl halides is 3. The fourth-order valence-electron chi connectivity index (χ4n) is 1.93. The Morgan fingerprint density at radius 1 is 1.10 bits per heavy atom. The monoisotopic (exact) mass is 312 g/mol. The molecule has 0 amide bonds. The predicted molar refractivity (Wildman–Crippen MR) is 71.3 cm³/mol. The van der Waals surface area contributed by atoms with Crippen molar-refractivity contribution in [2.45, 2.75) is 6.18 Å². The van der Waals surface area contributed by atoms with Crippen molar-refractivity contribution in [3.63, 3.8) is 0 Å². The van der Waals surface area contributed by atoms with Crippen molar-refractivity contribution >= 4 is 11.6 Å². The molecule has 0 atom stereocenters. The van der Waals surface area contributed by atoms with Gasteiger partial charge < -0.3 is 4.42 Å². The minimum atomic E-state index is -4.55. The van der Waals surface area contributed by atoms with E-state index in [1.165, 1.54) is 6.26 Å². The Labute approximate surface area is 122 Å². The predicted octanol–water partition coefficient (Wildman–Crippen LogP) is 4.80. The number of aromatic nitrogens is 2. The van der Waals surface area contributed by atoms with E-state index in [1.807, 2.05) is 0 Å². The number of furan rings is 1. The maximum atomic E-state index is 12.9. The van der Waals surface area contributed by atoms with Crippen molar-refractivity contribution in [1.82, 2.24) is 9.78 Å². The maximum absolute atomic E-state index is 12.9. The molecule has 0 saturated carbocycles. The third-order valence-electron chi connectivity index (χ3n) is 2.85. The molecule has 3 aromatic rings. The number of halogens is 4. The van der Waals surface area contributed by atoms with Gasteiger partial charge in [-0.2, -0.15) is 18.3 Å². The van der Waals surface area contributed by atoms with Crippen LogP contribution in [0.3, 0.4) is 0 Å². The lowest BCUT2D eigenvalue weighted by Gasteiger charge is -2.07. The summed E-state index contributed by atoms with van der Waals surface area (Å²) in [6.07, 6.45) is -3.17. The van der Waals surface area contributed by atoms with Crippen LogP contribution in [0.5, 0.6) is 0 Å². The number of nitrogens with zero attached hydrogens (tertiary/aromatic N) is 2. The molecule has 0 aliphatic rings. The molecular formula is C14H8ClF3N2O. The van der Waals surface area contributed by atoms with Gasteiger partial charge in [0.15, 0.2) is 11.5 Å². The lowest BCUT2D eigenvalue weighted by Crippen LogP contribution is -2.07. The number of hydrogen-bond acceptors (Lipinski definition) is 2. The van der Waals surface area contributed by atoms with Gasteiger partial charge in [0.25, 0.3) is 0 Å². The zero-order chi connectivity index (χ0) is 15.0. The van der Waals surface area contributed by atoms with Crippen molar-refractivity contribution in [1.29, 1.82) is 0 Å². The summed E-state index contributed by atoms with van der Waals surface area (Å²) in [6, 6.07) is 10.6. The van der Waals surface area contributed by atoms with Crippen LogP contribution in [-0.2, 0) is 6.18 Å². The molecule has 3 rings (SSSR count). The van der Waals surface area contributed by atoms with Gasteiger partial charge >= 0.3 is 6.18 Å². The minimum Gasteiger partial charge on any atom is -0.463 e. The van der Waals surface area contributed by atoms with Gasteiger partial charge in [-0.3, -0.25) is 0 Å². The first-order valence-corrected chi connectivity index (χ1v) is 6.30. The lowest BCUT2D eigenvalue weighted by molar-refractivity contribution is -0.141. The Balaban J connectivity index is 2.24. The van der Waals surface area contributed by atoms with Gasteiger partial charge in [0.05, 0.1) is 17.0 Å². The summed E-state index contributed by atoms with van der Waals surface area (Å²) in [5, 5.41) is 3.91. The van der Waals surface area contributed by atoms with E-state index in [4.69, 9.17) is 16.0 Å². The van der Waals surface area contributed by atoms with Crippen LogP contribution in [0.15, 0.2) is 53.1 Å². The minimum absolute atomic E-state index is 0.181. The number of para-hydroxylation sites is 1. The SMILES string of the molecule is FC(F)(F)c1cc(-c2ccco2)n(-c2ccccc2Cl)n1. The fourth-order valence-corrected chi connectivity index (χ4v) is 2.14. The maximum Gasteiger partial charge on any atom is 0.435 e. The summed E-state index contributed by atoms with van der Waals surface area (Å²) in [6.45, 7) is 0. The van der Waals surface area contributed by atoms with E-state index in [1.54, 1.807) is 36.4 Å². The average molecular weight is 313 g/mol. The second-order valence-corrected chi connectivity index (χ2v) is 4.66. The van der Waals surface area contributed by atoms with Crippen molar-refractivity contribution < 1.29 is 17.6 Å². The molecule has 0 saturated heterocycles. The molecule has 2 aromatic heterocycles. The molecule has 0 N–H and O–H groups in total. The largest absolute Gasteiger partial charge is 0.463 e. The summed E-state index contributed by atoms with van der Waals surface area (Å²) >= 11 is 6.04. The van der Waals surface area contributed by atoms with Gasteiger partial charge in [0.2, 0.25) is 0 Å². The third kappa shape index (κ3) is 2.54. The standard InChI is InChI=1S/C14H8ClF3N2O/c15-9-4-1-2-5-10(9)20-11(12-6-3-7-21-12)8-13(19-20)14(16,17)18/h1-8H. The fraction of sp³-hybridized carbons (Fsp3) is 0.0714. The quantitative estimate of drug-likeness (QED) is 0.680. The van der Waals surface area contributed by atoms with Gasteiger partial charge in [-0.1, -0.05) is 23.7 Å². The van der Waals surface area contributed by atoms with Crippen LogP contribution in [0.2, 0.25) is 5.02 Å². The first-order chi connectivity index (χ1) is 9.97. The van der Waals surface area contributed by atoms with Crippen molar-refractivity contribution in [3.8, 4) is 17.1 Å². The number of hydrogen-bond donors (Lipinski definition) is 0. The van der Waals surface area contributed by atoms with Gasteiger partial charge in [-0.05, 0) is 24.3 Å². The molecule has 0 radical (unpaired) electrons. The Hall–Kier alpha value is -2.21. The smallest absolute Gasteiger partial charge is 0.435 e. The first kappa shape index (κ1) is 13.8. The average Bonchev–Trinajstić information content (AvgIpc) is 3.07. The van der Waals surface area contributed by atoms with E-state index in [9.17, 15) is 13.2 Å². The molecular weight excluding hydrogens is 305 g/mol. The summed E-state index contributed by atoms with van der Waals surface area (Å²) in [5.74, 6) is 0.276. The highest BCUT2D eigenvalue weighted by Gasteiger charge is 2.35. The van der Waals surface area contributed by atoms with Crippen LogP contribution in [0.25, 0.3) is 17.1 Å². The topological polar surface area (TPSA) is 31.0 Å². The van der Waals surface area contributed by atoms with E-state index in [2.05, 4.69) is 5.10 Å². The van der Waals surface area contributed by atoms with E-state index in [0.29, 0.717) is 10.7 Å². The molecule has 0 unspecified atom stereocenters. The Morgan fingerprint density at radius 3 is 2.48 bits per heavy atom. The van der Waals surface area contributed by atoms with E-state index in [0.717, 1.165) is 10.7 Å². The highest BCUT2D eigenvalue weighted by Crippen LogP contribution is 2.34. The Morgan fingerprint density at radius 2 is 1.86 bits per heavy atom. The van der Waals surface area contributed by atoms with E-state index >= 15 is 0 Å². The molecule has 7 heteroatoms. The van der Waals surface area contributed by atoms with Gasteiger partial charge in [-0.25, -0.2) is 4.68 Å². The van der Waals surface area contributed by atoms with E-state index in [-0.39, 0.29) is 11.5 Å². The zero-order valence-corrected chi connectivity index (χ0v) is 11.2. The van der Waals surface area contributed by atoms with Gasteiger partial charge in [-0.15, -0.1) is 0 Å². The van der Waals surface area contributed by atoms with Gasteiger partial charge in [0.1, 0.15) is 5.69 Å². The lowest BCUT2D eigenvalue weighted by atomic mass is 10.2. The molecule has 1 aromatic carbocycles. The molecule has 2 heterocycles. The van der Waals surface area contributed by atoms with Crippen molar-refractivity contribution in [2.24, 2.45) is 0 Å². The molecule has 0 fully saturated rings. The summed E-state index contributed by atoms with van der Waals surface area (Å²) < 4.78 is 45.0. The second-order valence-electron chi connectivity index (χ2n) is 4.25. The summed E-state index contributed by atoms with van der Waals surface area (Å²) in [4.78, 5) is 0. The molecule has 21 heavy (non-hydrogen) atoms. The highest BCUT2D eigenvalue weighted by molar-refractivity contribution is 6.32. The van der Waals surface area contributed by atoms with Crippen LogP contribution in [0.1, 0.15) is 5.69 Å². The summed E-state index contributed by atoms with van der Waals surface area (Å²) in [5.41, 5.74) is -0.477. The van der Waals surface area contributed by atoms with Crippen molar-refractivity contribution in [2.75, 3.05) is 0 Å². The third-order valence-corrected chi connectivity index (χ3v) is 3.17.